The number of aliphatic hydroxyl groups excluding tert-OH is 1. The summed E-state index contributed by atoms with van der Waals surface area (Å²) in [5.74, 6) is 0. The Kier molecular flexibility index (Phi) is 6.08. The molecule has 0 rings (SSSR count). The second-order valence-electron chi connectivity index (χ2n) is 2.17. The summed E-state index contributed by atoms with van der Waals surface area (Å²) in [4.78, 5) is 4.11. The molecule has 0 atom stereocenters. The second kappa shape index (κ2) is 6.49. The summed E-state index contributed by atoms with van der Waals surface area (Å²) in [6.07, 6.45) is 5.36. The summed E-state index contributed by atoms with van der Waals surface area (Å²) in [6.45, 7) is 4.15. The van der Waals surface area contributed by atoms with Gasteiger partial charge in [0.25, 0.3) is 0 Å². The van der Waals surface area contributed by atoms with Gasteiger partial charge in [0, 0.05) is 18.5 Å². The Morgan fingerprint density at radius 3 is 2.80 bits per heavy atom. The molecule has 0 radical (unpaired) electrons. The molecule has 0 aromatic heterocycles. The van der Waals surface area contributed by atoms with Crippen molar-refractivity contribution >= 4 is 5.71 Å². The Labute approximate surface area is 62.3 Å². The van der Waals surface area contributed by atoms with Gasteiger partial charge in [0.15, 0.2) is 0 Å². The van der Waals surface area contributed by atoms with E-state index in [9.17, 15) is 0 Å². The molecule has 0 saturated heterocycles. The van der Waals surface area contributed by atoms with Gasteiger partial charge in [-0.15, -0.1) is 0 Å². The molecule has 2 heteroatoms. The van der Waals surface area contributed by atoms with Crippen LogP contribution in [0.4, 0.5) is 0 Å². The molecule has 0 aromatic carbocycles. The first kappa shape index (κ1) is 9.37. The minimum absolute atomic E-state index is 0.253. The standard InChI is InChI=1S/C8H15NO/c1-3-6-9-8(2)5-4-7-10/h3,6,10H,4-5,7H2,1-2H3/b6-3-,9-8?. The van der Waals surface area contributed by atoms with Crippen molar-refractivity contribution in [2.75, 3.05) is 6.61 Å². The maximum Gasteiger partial charge on any atom is 0.0434 e. The van der Waals surface area contributed by atoms with Gasteiger partial charge in [-0.25, -0.2) is 0 Å². The van der Waals surface area contributed by atoms with E-state index < -0.39 is 0 Å². The van der Waals surface area contributed by atoms with Crippen LogP contribution in [-0.4, -0.2) is 17.4 Å². The number of aliphatic imine (C=N–C) groups is 1. The number of rotatable bonds is 4. The van der Waals surface area contributed by atoms with E-state index in [0.717, 1.165) is 18.6 Å². The van der Waals surface area contributed by atoms with Crippen molar-refractivity contribution in [2.24, 2.45) is 4.99 Å². The highest BCUT2D eigenvalue weighted by molar-refractivity contribution is 5.82. The van der Waals surface area contributed by atoms with Gasteiger partial charge in [0.2, 0.25) is 0 Å². The van der Waals surface area contributed by atoms with Crippen molar-refractivity contribution in [1.29, 1.82) is 0 Å². The summed E-state index contributed by atoms with van der Waals surface area (Å²) >= 11 is 0. The fourth-order valence-corrected chi connectivity index (χ4v) is 0.601. The second-order valence-corrected chi connectivity index (χ2v) is 2.17. The van der Waals surface area contributed by atoms with Crippen LogP contribution in [0.25, 0.3) is 0 Å². The van der Waals surface area contributed by atoms with Gasteiger partial charge < -0.3 is 5.11 Å². The van der Waals surface area contributed by atoms with Gasteiger partial charge in [-0.05, 0) is 26.7 Å². The maximum absolute atomic E-state index is 8.47. The molecule has 0 amide bonds. The molecule has 0 unspecified atom stereocenters. The Hall–Kier alpha value is -0.630. The van der Waals surface area contributed by atoms with Crippen molar-refractivity contribution < 1.29 is 5.11 Å². The van der Waals surface area contributed by atoms with Gasteiger partial charge >= 0.3 is 0 Å². The van der Waals surface area contributed by atoms with E-state index in [4.69, 9.17) is 5.11 Å². The van der Waals surface area contributed by atoms with Crippen molar-refractivity contribution in [2.45, 2.75) is 26.7 Å². The lowest BCUT2D eigenvalue weighted by atomic mass is 10.2. The largest absolute Gasteiger partial charge is 0.396 e. The number of hydrogen-bond acceptors (Lipinski definition) is 2. The number of hydrogen-bond donors (Lipinski definition) is 1. The molecule has 1 N–H and O–H groups in total. The third kappa shape index (κ3) is 5.51. The lowest BCUT2D eigenvalue weighted by Crippen LogP contribution is -1.92. The minimum Gasteiger partial charge on any atom is -0.396 e. The van der Waals surface area contributed by atoms with Crippen LogP contribution in [0.2, 0.25) is 0 Å². The first-order chi connectivity index (χ1) is 4.81. The molecule has 0 aliphatic rings. The van der Waals surface area contributed by atoms with E-state index >= 15 is 0 Å². The normalized spacial score (nSPS) is 12.9. The van der Waals surface area contributed by atoms with Crippen molar-refractivity contribution in [3.8, 4) is 0 Å². The van der Waals surface area contributed by atoms with Crippen molar-refractivity contribution in [1.82, 2.24) is 0 Å². The van der Waals surface area contributed by atoms with Crippen LogP contribution in [0.5, 0.6) is 0 Å². The Balaban J connectivity index is 3.49. The molecule has 58 valence electrons. The smallest absolute Gasteiger partial charge is 0.0434 e. The SMILES string of the molecule is C/C=C\N=C(C)CCCO. The van der Waals surface area contributed by atoms with Crippen LogP contribution >= 0.6 is 0 Å². The summed E-state index contributed by atoms with van der Waals surface area (Å²) in [7, 11) is 0. The van der Waals surface area contributed by atoms with Crippen LogP contribution < -0.4 is 0 Å². The van der Waals surface area contributed by atoms with Crippen LogP contribution in [0.15, 0.2) is 17.3 Å². The number of aliphatic hydroxyl groups is 1. The van der Waals surface area contributed by atoms with Gasteiger partial charge in [0.1, 0.15) is 0 Å². The summed E-state index contributed by atoms with van der Waals surface area (Å²) < 4.78 is 0. The highest BCUT2D eigenvalue weighted by atomic mass is 16.2. The average Bonchev–Trinajstić information content (AvgIpc) is 1.97. The predicted octanol–water partition coefficient (Wildman–Crippen LogP) is 1.75. The first-order valence-corrected chi connectivity index (χ1v) is 3.56. The van der Waals surface area contributed by atoms with Crippen LogP contribution in [-0.2, 0) is 0 Å². The zero-order chi connectivity index (χ0) is 7.82. The average molecular weight is 141 g/mol. The highest BCUT2D eigenvalue weighted by Gasteiger charge is 1.87. The lowest BCUT2D eigenvalue weighted by molar-refractivity contribution is 0.291. The number of allylic oxidation sites excluding steroid dienone is 1. The van der Waals surface area contributed by atoms with E-state index in [1.54, 1.807) is 6.20 Å². The van der Waals surface area contributed by atoms with Gasteiger partial charge in [0.05, 0.1) is 0 Å². The van der Waals surface area contributed by atoms with Gasteiger partial charge in [-0.3, -0.25) is 4.99 Å². The number of nitrogens with zero attached hydrogens (tertiary/aromatic N) is 1. The third-order valence-electron chi connectivity index (χ3n) is 1.14. The third-order valence-corrected chi connectivity index (χ3v) is 1.14. The molecule has 0 saturated carbocycles. The van der Waals surface area contributed by atoms with Crippen molar-refractivity contribution in [3.05, 3.63) is 12.3 Å². The van der Waals surface area contributed by atoms with Crippen molar-refractivity contribution in [3.63, 3.8) is 0 Å². The molecule has 2 nitrogen and oxygen atoms in total. The maximum atomic E-state index is 8.47. The monoisotopic (exact) mass is 141 g/mol. The summed E-state index contributed by atoms with van der Waals surface area (Å²) in [5.41, 5.74) is 1.08. The van der Waals surface area contributed by atoms with E-state index in [0.29, 0.717) is 0 Å². The van der Waals surface area contributed by atoms with E-state index in [1.807, 2.05) is 19.9 Å². The van der Waals surface area contributed by atoms with Crippen LogP contribution in [0.3, 0.4) is 0 Å². The molecular weight excluding hydrogens is 126 g/mol. The summed E-state index contributed by atoms with van der Waals surface area (Å²) in [5, 5.41) is 8.47. The zero-order valence-corrected chi connectivity index (χ0v) is 6.67. The molecule has 0 aliphatic carbocycles. The highest BCUT2D eigenvalue weighted by Crippen LogP contribution is 1.91. The van der Waals surface area contributed by atoms with Gasteiger partial charge in [-0.1, -0.05) is 6.08 Å². The van der Waals surface area contributed by atoms with E-state index in [2.05, 4.69) is 4.99 Å². The van der Waals surface area contributed by atoms with Crippen LogP contribution in [0, 0.1) is 0 Å². The Bertz CT molecular complexity index is 127. The molecule has 0 fully saturated rings. The molecule has 0 aromatic rings. The van der Waals surface area contributed by atoms with Gasteiger partial charge in [-0.2, -0.15) is 0 Å². The van der Waals surface area contributed by atoms with E-state index in [1.165, 1.54) is 0 Å². The molecule has 0 spiro atoms. The fraction of sp³-hybridized carbons (Fsp3) is 0.625. The van der Waals surface area contributed by atoms with E-state index in [-0.39, 0.29) is 6.61 Å². The molecule has 0 bridgehead atoms. The first-order valence-electron chi connectivity index (χ1n) is 3.56. The molecular formula is C8H15NO. The minimum atomic E-state index is 0.253. The topological polar surface area (TPSA) is 32.6 Å². The molecule has 10 heavy (non-hydrogen) atoms. The molecule has 0 aliphatic heterocycles. The predicted molar refractivity (Wildman–Crippen MR) is 44.2 cm³/mol. The summed E-state index contributed by atoms with van der Waals surface area (Å²) in [6, 6.07) is 0. The molecule has 0 heterocycles. The zero-order valence-electron chi connectivity index (χ0n) is 6.67. The fourth-order valence-electron chi connectivity index (χ4n) is 0.601. The van der Waals surface area contributed by atoms with Crippen LogP contribution in [0.1, 0.15) is 26.7 Å². The lowest BCUT2D eigenvalue weighted by Gasteiger charge is -1.93. The Morgan fingerprint density at radius 2 is 2.30 bits per heavy atom. The Morgan fingerprint density at radius 1 is 1.60 bits per heavy atom. The quantitative estimate of drug-likeness (QED) is 0.594.